The first kappa shape index (κ1) is 16.6. The Bertz CT molecular complexity index is 1780. The van der Waals surface area contributed by atoms with E-state index in [4.69, 9.17) is 4.98 Å². The second kappa shape index (κ2) is 6.16. The predicted molar refractivity (Wildman–Crippen MR) is 131 cm³/mol. The van der Waals surface area contributed by atoms with Crippen LogP contribution in [0.5, 0.6) is 0 Å². The summed E-state index contributed by atoms with van der Waals surface area (Å²) in [7, 11) is 0. The average Bonchev–Trinajstić information content (AvgIpc) is 3.24. The van der Waals surface area contributed by atoms with E-state index < -0.39 is 0 Å². The Labute approximate surface area is 179 Å². The van der Waals surface area contributed by atoms with Gasteiger partial charge >= 0.3 is 0 Å². The lowest BCUT2D eigenvalue weighted by Crippen LogP contribution is -1.88. The zero-order valence-corrected chi connectivity index (χ0v) is 16.8. The van der Waals surface area contributed by atoms with E-state index in [2.05, 4.69) is 114 Å². The molecule has 7 rings (SSSR count). The molecular formula is C29H18N2. The molecule has 5 aromatic carbocycles. The Balaban J connectivity index is 1.77. The zero-order valence-electron chi connectivity index (χ0n) is 16.8. The highest BCUT2D eigenvalue weighted by molar-refractivity contribution is 6.30. The van der Waals surface area contributed by atoms with E-state index in [-0.39, 0.29) is 0 Å². The number of imidazole rings is 1. The maximum absolute atomic E-state index is 5.04. The Hall–Kier alpha value is -4.17. The molecule has 7 aromatic rings. The minimum atomic E-state index is 0.978. The van der Waals surface area contributed by atoms with E-state index in [0.717, 1.165) is 11.2 Å². The first-order chi connectivity index (χ1) is 15.4. The van der Waals surface area contributed by atoms with E-state index in [1.807, 2.05) is 0 Å². The fourth-order valence-corrected chi connectivity index (χ4v) is 4.97. The SMILES string of the molecule is c1ccc(-c2ccc3c(c2)c2c4ccccc4ccc2c2nc4ccccn4c32)cc1. The van der Waals surface area contributed by atoms with Gasteiger partial charge in [0.25, 0.3) is 0 Å². The summed E-state index contributed by atoms with van der Waals surface area (Å²) in [6, 6.07) is 36.8. The molecule has 0 atom stereocenters. The molecule has 0 spiro atoms. The largest absolute Gasteiger partial charge is 0.299 e. The quantitative estimate of drug-likeness (QED) is 0.262. The molecule has 31 heavy (non-hydrogen) atoms. The fraction of sp³-hybridized carbons (Fsp3) is 0. The van der Waals surface area contributed by atoms with E-state index in [9.17, 15) is 0 Å². The van der Waals surface area contributed by atoms with E-state index >= 15 is 0 Å². The van der Waals surface area contributed by atoms with Crippen molar-refractivity contribution < 1.29 is 0 Å². The smallest absolute Gasteiger partial charge is 0.137 e. The van der Waals surface area contributed by atoms with Crippen LogP contribution in [-0.2, 0) is 0 Å². The molecule has 0 aliphatic rings. The Morgan fingerprint density at radius 1 is 0.548 bits per heavy atom. The van der Waals surface area contributed by atoms with Gasteiger partial charge in [-0.3, -0.25) is 4.40 Å². The van der Waals surface area contributed by atoms with Crippen LogP contribution in [-0.4, -0.2) is 9.38 Å². The van der Waals surface area contributed by atoms with Gasteiger partial charge in [-0.2, -0.15) is 0 Å². The van der Waals surface area contributed by atoms with Crippen molar-refractivity contribution in [3.63, 3.8) is 0 Å². The molecule has 0 N–H and O–H groups in total. The Kier molecular flexibility index (Phi) is 3.30. The predicted octanol–water partition coefficient (Wildman–Crippen LogP) is 7.61. The van der Waals surface area contributed by atoms with Crippen LogP contribution >= 0.6 is 0 Å². The second-order valence-corrected chi connectivity index (χ2v) is 8.07. The van der Waals surface area contributed by atoms with Gasteiger partial charge in [0.15, 0.2) is 0 Å². The highest BCUT2D eigenvalue weighted by Gasteiger charge is 2.16. The number of nitrogens with zero attached hydrogens (tertiary/aromatic N) is 2. The third-order valence-corrected chi connectivity index (χ3v) is 6.37. The number of aromatic nitrogens is 2. The third kappa shape index (κ3) is 2.30. The minimum absolute atomic E-state index is 0.978. The molecule has 0 saturated carbocycles. The van der Waals surface area contributed by atoms with Crippen molar-refractivity contribution in [3.05, 3.63) is 109 Å². The molecule has 0 fully saturated rings. The maximum Gasteiger partial charge on any atom is 0.137 e. The van der Waals surface area contributed by atoms with Crippen LogP contribution in [0.3, 0.4) is 0 Å². The molecular weight excluding hydrogens is 376 g/mol. The molecule has 0 aliphatic heterocycles. The van der Waals surface area contributed by atoms with Crippen molar-refractivity contribution in [3.8, 4) is 11.1 Å². The monoisotopic (exact) mass is 394 g/mol. The maximum atomic E-state index is 5.04. The van der Waals surface area contributed by atoms with Crippen LogP contribution in [0.25, 0.3) is 60.1 Å². The van der Waals surface area contributed by atoms with Crippen molar-refractivity contribution in [1.29, 1.82) is 0 Å². The average molecular weight is 394 g/mol. The van der Waals surface area contributed by atoms with Crippen LogP contribution < -0.4 is 0 Å². The summed E-state index contributed by atoms with van der Waals surface area (Å²) < 4.78 is 2.22. The molecule has 0 amide bonds. The Morgan fingerprint density at radius 3 is 2.29 bits per heavy atom. The van der Waals surface area contributed by atoms with Crippen molar-refractivity contribution in [2.24, 2.45) is 0 Å². The molecule has 0 aliphatic carbocycles. The van der Waals surface area contributed by atoms with Crippen LogP contribution in [0.15, 0.2) is 109 Å². The molecule has 0 saturated heterocycles. The van der Waals surface area contributed by atoms with E-state index in [1.54, 1.807) is 0 Å². The molecule has 0 unspecified atom stereocenters. The molecule has 0 bridgehead atoms. The number of fused-ring (bicyclic) bond motifs is 10. The van der Waals surface area contributed by atoms with Gasteiger partial charge in [-0.05, 0) is 50.9 Å². The summed E-state index contributed by atoms with van der Waals surface area (Å²) in [6.07, 6.45) is 2.11. The highest BCUT2D eigenvalue weighted by atomic mass is 15.0. The lowest BCUT2D eigenvalue weighted by Gasteiger charge is -2.12. The molecule has 2 aromatic heterocycles. The molecule has 2 heteroatoms. The molecule has 0 radical (unpaired) electrons. The summed E-state index contributed by atoms with van der Waals surface area (Å²) in [6.45, 7) is 0. The van der Waals surface area contributed by atoms with E-state index in [0.29, 0.717) is 0 Å². The summed E-state index contributed by atoms with van der Waals surface area (Å²) in [5, 5.41) is 7.51. The normalized spacial score (nSPS) is 11.9. The first-order valence-corrected chi connectivity index (χ1v) is 10.6. The summed E-state index contributed by atoms with van der Waals surface area (Å²) >= 11 is 0. The van der Waals surface area contributed by atoms with Crippen LogP contribution in [0, 0.1) is 0 Å². The summed E-state index contributed by atoms with van der Waals surface area (Å²) in [5.74, 6) is 0. The van der Waals surface area contributed by atoms with Gasteiger partial charge in [0, 0.05) is 17.0 Å². The van der Waals surface area contributed by atoms with Gasteiger partial charge in [-0.15, -0.1) is 0 Å². The lowest BCUT2D eigenvalue weighted by atomic mass is 9.92. The minimum Gasteiger partial charge on any atom is -0.299 e. The number of benzene rings is 5. The van der Waals surface area contributed by atoms with Crippen molar-refractivity contribution in [2.75, 3.05) is 0 Å². The van der Waals surface area contributed by atoms with E-state index in [1.165, 1.54) is 49.0 Å². The molecule has 2 heterocycles. The van der Waals surface area contributed by atoms with Gasteiger partial charge in [0.2, 0.25) is 0 Å². The zero-order chi connectivity index (χ0) is 20.4. The number of hydrogen-bond donors (Lipinski definition) is 0. The van der Waals surface area contributed by atoms with Crippen molar-refractivity contribution >= 4 is 49.0 Å². The fourth-order valence-electron chi connectivity index (χ4n) is 4.97. The molecule has 144 valence electrons. The number of hydrogen-bond acceptors (Lipinski definition) is 1. The third-order valence-electron chi connectivity index (χ3n) is 6.37. The first-order valence-electron chi connectivity index (χ1n) is 10.6. The lowest BCUT2D eigenvalue weighted by molar-refractivity contribution is 1.23. The van der Waals surface area contributed by atoms with Crippen molar-refractivity contribution in [2.45, 2.75) is 0 Å². The number of pyridine rings is 1. The Morgan fingerprint density at radius 2 is 1.35 bits per heavy atom. The van der Waals surface area contributed by atoms with Gasteiger partial charge in [-0.1, -0.05) is 84.9 Å². The van der Waals surface area contributed by atoms with Gasteiger partial charge in [0.05, 0.1) is 11.0 Å². The van der Waals surface area contributed by atoms with Gasteiger partial charge in [0.1, 0.15) is 5.65 Å². The van der Waals surface area contributed by atoms with Crippen molar-refractivity contribution in [1.82, 2.24) is 9.38 Å². The van der Waals surface area contributed by atoms with Gasteiger partial charge in [-0.25, -0.2) is 4.98 Å². The van der Waals surface area contributed by atoms with Crippen LogP contribution in [0.1, 0.15) is 0 Å². The highest BCUT2D eigenvalue weighted by Crippen LogP contribution is 2.40. The van der Waals surface area contributed by atoms with Crippen LogP contribution in [0.4, 0.5) is 0 Å². The molecule has 2 nitrogen and oxygen atoms in total. The van der Waals surface area contributed by atoms with Crippen LogP contribution in [0.2, 0.25) is 0 Å². The standard InChI is InChI=1S/C29H18N2/c1-2-8-19(9-3-1)21-14-15-23-25(18-21)27-22-11-5-4-10-20(22)13-16-24(27)28-29(23)31-17-7-6-12-26(31)30-28/h1-18H. The van der Waals surface area contributed by atoms with Gasteiger partial charge < -0.3 is 0 Å². The summed E-state index contributed by atoms with van der Waals surface area (Å²) in [5.41, 5.74) is 5.68. The topological polar surface area (TPSA) is 17.3 Å². The number of rotatable bonds is 1. The second-order valence-electron chi connectivity index (χ2n) is 8.07. The summed E-state index contributed by atoms with van der Waals surface area (Å²) in [4.78, 5) is 5.04.